The van der Waals surface area contributed by atoms with E-state index in [1.54, 1.807) is 12.1 Å². The van der Waals surface area contributed by atoms with Crippen LogP contribution in [0.1, 0.15) is 12.0 Å². The monoisotopic (exact) mass is 251 g/mol. The molecule has 18 heavy (non-hydrogen) atoms. The molecule has 0 saturated heterocycles. The molecule has 0 aliphatic carbocycles. The summed E-state index contributed by atoms with van der Waals surface area (Å²) in [5.41, 5.74) is -1.25. The minimum Gasteiger partial charge on any atom is -0.497 e. The fourth-order valence-corrected chi connectivity index (χ4v) is 2.16. The zero-order valence-corrected chi connectivity index (χ0v) is 10.0. The average Bonchev–Trinajstić information content (AvgIpc) is 2.51. The first kappa shape index (κ1) is 12.4. The molecule has 96 valence electrons. The van der Waals surface area contributed by atoms with Gasteiger partial charge in [-0.25, -0.2) is 0 Å². The largest absolute Gasteiger partial charge is 0.497 e. The molecule has 0 fully saturated rings. The molecule has 6 heteroatoms. The number of hydrogen-bond acceptors (Lipinski definition) is 4. The van der Waals surface area contributed by atoms with Crippen molar-refractivity contribution in [3.8, 4) is 5.75 Å². The summed E-state index contributed by atoms with van der Waals surface area (Å²) in [7, 11) is 2.97. The van der Waals surface area contributed by atoms with Crippen molar-refractivity contribution in [2.45, 2.75) is 12.0 Å². The minimum absolute atomic E-state index is 0.290. The minimum atomic E-state index is -2.00. The number of carboxylic acid groups (broad SMARTS) is 1. The van der Waals surface area contributed by atoms with Crippen LogP contribution in [0.3, 0.4) is 0 Å². The first-order chi connectivity index (χ1) is 8.40. The second-order valence-electron chi connectivity index (χ2n) is 4.18. The molecule has 1 aromatic rings. The van der Waals surface area contributed by atoms with Crippen molar-refractivity contribution in [2.75, 3.05) is 19.1 Å². The SMILES string of the molecule is COc1ccc2c(c1)N(C)C(=O)C2(O)CC(=O)O. The maximum absolute atomic E-state index is 12.0. The number of aliphatic carboxylic acids is 1. The number of anilines is 1. The van der Waals surface area contributed by atoms with Crippen LogP contribution in [-0.4, -0.2) is 36.2 Å². The Balaban J connectivity index is 2.55. The van der Waals surface area contributed by atoms with Gasteiger partial charge in [0.2, 0.25) is 0 Å². The third-order valence-corrected chi connectivity index (χ3v) is 3.08. The van der Waals surface area contributed by atoms with Gasteiger partial charge in [-0.15, -0.1) is 0 Å². The van der Waals surface area contributed by atoms with Gasteiger partial charge in [0.1, 0.15) is 5.75 Å². The van der Waals surface area contributed by atoms with Crippen LogP contribution in [0.4, 0.5) is 5.69 Å². The number of fused-ring (bicyclic) bond motifs is 1. The molecule has 1 unspecified atom stereocenters. The molecule has 6 nitrogen and oxygen atoms in total. The third-order valence-electron chi connectivity index (χ3n) is 3.08. The number of amides is 1. The van der Waals surface area contributed by atoms with Crippen molar-refractivity contribution < 1.29 is 24.5 Å². The van der Waals surface area contributed by atoms with Crippen molar-refractivity contribution in [3.05, 3.63) is 23.8 Å². The first-order valence-electron chi connectivity index (χ1n) is 5.31. The predicted octanol–water partition coefficient (Wildman–Crippen LogP) is 0.334. The Morgan fingerprint density at radius 2 is 2.17 bits per heavy atom. The van der Waals surface area contributed by atoms with Gasteiger partial charge < -0.3 is 19.8 Å². The van der Waals surface area contributed by atoms with Crippen LogP contribution in [0, 0.1) is 0 Å². The molecular weight excluding hydrogens is 238 g/mol. The molecule has 1 amide bonds. The van der Waals surface area contributed by atoms with Crippen LogP contribution < -0.4 is 9.64 Å². The summed E-state index contributed by atoms with van der Waals surface area (Å²) >= 11 is 0. The number of carbonyl (C=O) groups is 2. The van der Waals surface area contributed by atoms with Gasteiger partial charge >= 0.3 is 5.97 Å². The molecule has 0 aromatic heterocycles. The summed E-state index contributed by atoms with van der Waals surface area (Å²) in [5, 5.41) is 19.1. The fourth-order valence-electron chi connectivity index (χ4n) is 2.16. The molecule has 1 aromatic carbocycles. The fraction of sp³-hybridized carbons (Fsp3) is 0.333. The normalized spacial score (nSPS) is 21.9. The average molecular weight is 251 g/mol. The molecule has 0 bridgehead atoms. The maximum atomic E-state index is 12.0. The van der Waals surface area contributed by atoms with Gasteiger partial charge in [-0.05, 0) is 12.1 Å². The number of benzene rings is 1. The molecule has 2 rings (SSSR count). The highest BCUT2D eigenvalue weighted by Gasteiger charge is 2.50. The van der Waals surface area contributed by atoms with Crippen molar-refractivity contribution in [3.63, 3.8) is 0 Å². The lowest BCUT2D eigenvalue weighted by Crippen LogP contribution is -2.40. The van der Waals surface area contributed by atoms with E-state index in [1.807, 2.05) is 0 Å². The summed E-state index contributed by atoms with van der Waals surface area (Å²) in [6, 6.07) is 4.68. The smallest absolute Gasteiger partial charge is 0.307 e. The summed E-state index contributed by atoms with van der Waals surface area (Å²) < 4.78 is 5.04. The predicted molar refractivity (Wildman–Crippen MR) is 62.6 cm³/mol. The van der Waals surface area contributed by atoms with E-state index in [1.165, 1.54) is 25.1 Å². The number of nitrogens with zero attached hydrogens (tertiary/aromatic N) is 1. The quantitative estimate of drug-likeness (QED) is 0.808. The van der Waals surface area contributed by atoms with Crippen LogP contribution in [0.5, 0.6) is 5.75 Å². The maximum Gasteiger partial charge on any atom is 0.307 e. The lowest BCUT2D eigenvalue weighted by Gasteiger charge is -2.19. The Bertz CT molecular complexity index is 527. The number of carbonyl (C=O) groups excluding carboxylic acids is 1. The zero-order valence-electron chi connectivity index (χ0n) is 10.0. The van der Waals surface area contributed by atoms with E-state index >= 15 is 0 Å². The Morgan fingerprint density at radius 3 is 2.72 bits per heavy atom. The highest BCUT2D eigenvalue weighted by Crippen LogP contribution is 2.43. The van der Waals surface area contributed by atoms with Crippen molar-refractivity contribution >= 4 is 17.6 Å². The lowest BCUT2D eigenvalue weighted by atomic mass is 9.92. The van der Waals surface area contributed by atoms with Crippen LogP contribution >= 0.6 is 0 Å². The van der Waals surface area contributed by atoms with Crippen molar-refractivity contribution in [2.24, 2.45) is 0 Å². The number of aliphatic hydroxyl groups is 1. The molecule has 0 spiro atoms. The molecular formula is C12H13NO5. The molecule has 1 aliphatic heterocycles. The van der Waals surface area contributed by atoms with E-state index in [9.17, 15) is 14.7 Å². The van der Waals surface area contributed by atoms with E-state index in [0.717, 1.165) is 0 Å². The van der Waals surface area contributed by atoms with Crippen LogP contribution in [0.2, 0.25) is 0 Å². The van der Waals surface area contributed by atoms with Crippen LogP contribution in [0.15, 0.2) is 18.2 Å². The van der Waals surface area contributed by atoms with E-state index < -0.39 is 23.9 Å². The number of rotatable bonds is 3. The Hall–Kier alpha value is -2.08. The highest BCUT2D eigenvalue weighted by molar-refractivity contribution is 6.08. The molecule has 1 atom stereocenters. The van der Waals surface area contributed by atoms with Crippen molar-refractivity contribution in [1.29, 1.82) is 0 Å². The number of likely N-dealkylation sites (N-methyl/N-ethyl adjacent to an activating group) is 1. The van der Waals surface area contributed by atoms with Gasteiger partial charge in [-0.2, -0.15) is 0 Å². The van der Waals surface area contributed by atoms with E-state index in [-0.39, 0.29) is 0 Å². The van der Waals surface area contributed by atoms with Crippen LogP contribution in [-0.2, 0) is 15.2 Å². The molecule has 1 aliphatic rings. The van der Waals surface area contributed by atoms with Crippen LogP contribution in [0.25, 0.3) is 0 Å². The van der Waals surface area contributed by atoms with E-state index in [4.69, 9.17) is 9.84 Å². The number of ether oxygens (including phenoxy) is 1. The molecule has 0 saturated carbocycles. The van der Waals surface area contributed by atoms with Gasteiger partial charge in [-0.1, -0.05) is 0 Å². The van der Waals surface area contributed by atoms with Gasteiger partial charge in [0, 0.05) is 18.7 Å². The lowest BCUT2D eigenvalue weighted by molar-refractivity contribution is -0.150. The van der Waals surface area contributed by atoms with Gasteiger partial charge in [0.05, 0.1) is 19.2 Å². The third kappa shape index (κ3) is 1.62. The standard InChI is InChI=1S/C12H13NO5/c1-13-9-5-7(18-2)3-4-8(9)12(17,11(13)16)6-10(14)15/h3-5,17H,6H2,1-2H3,(H,14,15). The summed E-state index contributed by atoms with van der Waals surface area (Å²) in [6.07, 6.45) is -0.657. The number of methoxy groups -OCH3 is 1. The topological polar surface area (TPSA) is 87.1 Å². The summed E-state index contributed by atoms with van der Waals surface area (Å²) in [6.45, 7) is 0. The zero-order chi connectivity index (χ0) is 13.5. The number of carboxylic acids is 1. The first-order valence-corrected chi connectivity index (χ1v) is 5.31. The Morgan fingerprint density at radius 1 is 1.50 bits per heavy atom. The summed E-state index contributed by atoms with van der Waals surface area (Å²) in [5.74, 6) is -1.34. The summed E-state index contributed by atoms with van der Waals surface area (Å²) in [4.78, 5) is 24.0. The van der Waals surface area contributed by atoms with Crippen molar-refractivity contribution in [1.82, 2.24) is 0 Å². The van der Waals surface area contributed by atoms with E-state index in [2.05, 4.69) is 0 Å². The second-order valence-corrected chi connectivity index (χ2v) is 4.18. The Labute approximate surface area is 103 Å². The van der Waals surface area contributed by atoms with Gasteiger partial charge in [0.15, 0.2) is 5.60 Å². The van der Waals surface area contributed by atoms with Gasteiger partial charge in [0.25, 0.3) is 5.91 Å². The number of hydrogen-bond donors (Lipinski definition) is 2. The second kappa shape index (κ2) is 3.99. The van der Waals surface area contributed by atoms with Gasteiger partial charge in [-0.3, -0.25) is 9.59 Å². The molecule has 2 N–H and O–H groups in total. The molecule has 1 heterocycles. The molecule has 0 radical (unpaired) electrons. The van der Waals surface area contributed by atoms with E-state index in [0.29, 0.717) is 17.0 Å². The highest BCUT2D eigenvalue weighted by atomic mass is 16.5. The Kier molecular flexibility index (Phi) is 2.74.